The van der Waals surface area contributed by atoms with Crippen LogP contribution < -0.4 is 5.32 Å². The van der Waals surface area contributed by atoms with Crippen molar-refractivity contribution in [1.29, 1.82) is 0 Å². The first-order valence-corrected chi connectivity index (χ1v) is 6.29. The van der Waals surface area contributed by atoms with Gasteiger partial charge in [0.2, 0.25) is 11.0 Å². The summed E-state index contributed by atoms with van der Waals surface area (Å²) >= 11 is 1.35. The van der Waals surface area contributed by atoms with E-state index in [1.165, 1.54) is 11.3 Å². The molecule has 0 aliphatic carbocycles. The summed E-state index contributed by atoms with van der Waals surface area (Å²) in [5.74, 6) is 0.178. The summed E-state index contributed by atoms with van der Waals surface area (Å²) in [4.78, 5) is 24.7. The van der Waals surface area contributed by atoms with E-state index in [1.807, 2.05) is 11.8 Å². The van der Waals surface area contributed by atoms with Gasteiger partial charge in [0.05, 0.1) is 6.54 Å². The molecule has 2 rings (SSSR count). The predicted octanol–water partition coefficient (Wildman–Crippen LogP) is 0.450. The smallest absolute Gasteiger partial charge is 0.240 e. The molecule has 2 heterocycles. The largest absolute Gasteiger partial charge is 0.300 e. The Morgan fingerprint density at radius 3 is 2.71 bits per heavy atom. The Morgan fingerprint density at radius 1 is 1.41 bits per heavy atom. The van der Waals surface area contributed by atoms with Crippen LogP contribution in [0.4, 0.5) is 5.13 Å². The fourth-order valence-corrected chi connectivity index (χ4v) is 2.28. The number of rotatable bonds is 3. The number of carbonyl (C=O) groups is 2. The van der Waals surface area contributed by atoms with Crippen molar-refractivity contribution in [1.82, 2.24) is 15.1 Å². The van der Waals surface area contributed by atoms with Crippen LogP contribution in [0, 0.1) is 6.92 Å². The van der Waals surface area contributed by atoms with Gasteiger partial charge in [-0.3, -0.25) is 19.8 Å². The normalized spacial score (nSPS) is 17.1. The molecule has 92 valence electrons. The van der Waals surface area contributed by atoms with Crippen molar-refractivity contribution in [3.63, 3.8) is 0 Å². The van der Waals surface area contributed by atoms with Crippen molar-refractivity contribution in [2.24, 2.45) is 0 Å². The molecule has 0 spiro atoms. The van der Waals surface area contributed by atoms with Gasteiger partial charge in [-0.05, 0) is 6.92 Å². The molecule has 0 aromatic carbocycles. The van der Waals surface area contributed by atoms with E-state index in [1.54, 1.807) is 0 Å². The second kappa shape index (κ2) is 5.33. The molecular weight excluding hydrogens is 240 g/mol. The molecule has 0 atom stereocenters. The third-order valence-corrected chi connectivity index (χ3v) is 3.31. The molecular formula is C10H14N4O2S. The van der Waals surface area contributed by atoms with Crippen LogP contribution in [0.1, 0.15) is 17.8 Å². The van der Waals surface area contributed by atoms with Crippen LogP contribution in [0.15, 0.2) is 0 Å². The average Bonchev–Trinajstić information content (AvgIpc) is 2.67. The number of piperidine rings is 1. The number of aryl methyl sites for hydroxylation is 1. The van der Waals surface area contributed by atoms with Gasteiger partial charge in [-0.25, -0.2) is 0 Å². The van der Waals surface area contributed by atoms with Gasteiger partial charge in [0, 0.05) is 25.9 Å². The minimum absolute atomic E-state index is 0.101. The van der Waals surface area contributed by atoms with Crippen LogP contribution in [-0.2, 0) is 9.59 Å². The Kier molecular flexibility index (Phi) is 3.80. The fraction of sp³-hybridized carbons (Fsp3) is 0.600. The van der Waals surface area contributed by atoms with Crippen LogP contribution in [-0.4, -0.2) is 46.4 Å². The molecule has 0 radical (unpaired) electrons. The molecule has 1 saturated heterocycles. The molecule has 1 amide bonds. The number of amides is 1. The van der Waals surface area contributed by atoms with E-state index >= 15 is 0 Å². The second-order valence-electron chi connectivity index (χ2n) is 3.99. The second-order valence-corrected chi connectivity index (χ2v) is 5.17. The highest BCUT2D eigenvalue weighted by atomic mass is 32.1. The number of anilines is 1. The molecule has 1 aromatic rings. The van der Waals surface area contributed by atoms with Gasteiger partial charge in [0.1, 0.15) is 10.8 Å². The van der Waals surface area contributed by atoms with E-state index in [0.717, 1.165) is 5.01 Å². The Balaban J connectivity index is 1.79. The van der Waals surface area contributed by atoms with Crippen LogP contribution >= 0.6 is 11.3 Å². The SMILES string of the molecule is Cc1nnc(NC(=O)CN2CCC(=O)CC2)s1. The van der Waals surface area contributed by atoms with E-state index in [4.69, 9.17) is 0 Å². The molecule has 0 bridgehead atoms. The number of likely N-dealkylation sites (tertiary alicyclic amines) is 1. The van der Waals surface area contributed by atoms with Crippen molar-refractivity contribution in [3.8, 4) is 0 Å². The van der Waals surface area contributed by atoms with Gasteiger partial charge in [0.15, 0.2) is 0 Å². The molecule has 1 aromatic heterocycles. The quantitative estimate of drug-likeness (QED) is 0.847. The molecule has 1 fully saturated rings. The van der Waals surface area contributed by atoms with Crippen LogP contribution in [0.2, 0.25) is 0 Å². The van der Waals surface area contributed by atoms with Crippen molar-refractivity contribution < 1.29 is 9.59 Å². The highest BCUT2D eigenvalue weighted by Gasteiger charge is 2.18. The average molecular weight is 254 g/mol. The van der Waals surface area contributed by atoms with Gasteiger partial charge in [0.25, 0.3) is 0 Å². The number of ketones is 1. The Bertz CT molecular complexity index is 422. The Morgan fingerprint density at radius 2 is 2.12 bits per heavy atom. The molecule has 17 heavy (non-hydrogen) atoms. The summed E-state index contributed by atoms with van der Waals surface area (Å²) in [6.45, 7) is 3.48. The first-order valence-electron chi connectivity index (χ1n) is 5.47. The lowest BCUT2D eigenvalue weighted by Crippen LogP contribution is -2.39. The highest BCUT2D eigenvalue weighted by molar-refractivity contribution is 7.15. The minimum Gasteiger partial charge on any atom is -0.300 e. The maximum atomic E-state index is 11.7. The van der Waals surface area contributed by atoms with Crippen molar-refractivity contribution >= 4 is 28.2 Å². The van der Waals surface area contributed by atoms with Gasteiger partial charge < -0.3 is 0 Å². The van der Waals surface area contributed by atoms with Crippen molar-refractivity contribution in [2.75, 3.05) is 25.0 Å². The summed E-state index contributed by atoms with van der Waals surface area (Å²) in [7, 11) is 0. The molecule has 1 N–H and O–H groups in total. The summed E-state index contributed by atoms with van der Waals surface area (Å²) in [5, 5.41) is 11.7. The first kappa shape index (κ1) is 12.1. The predicted molar refractivity (Wildman–Crippen MR) is 64.0 cm³/mol. The lowest BCUT2D eigenvalue weighted by Gasteiger charge is -2.24. The molecule has 0 unspecified atom stereocenters. The zero-order valence-electron chi connectivity index (χ0n) is 9.60. The summed E-state index contributed by atoms with van der Waals surface area (Å²) in [6, 6.07) is 0. The maximum Gasteiger partial charge on any atom is 0.240 e. The van der Waals surface area contributed by atoms with Crippen molar-refractivity contribution in [2.45, 2.75) is 19.8 Å². The summed E-state index contributed by atoms with van der Waals surface area (Å²) in [5.41, 5.74) is 0. The molecule has 1 aliphatic rings. The summed E-state index contributed by atoms with van der Waals surface area (Å²) < 4.78 is 0. The lowest BCUT2D eigenvalue weighted by molar-refractivity contribution is -0.124. The third kappa shape index (κ3) is 3.57. The number of hydrogen-bond donors (Lipinski definition) is 1. The van der Waals surface area contributed by atoms with Gasteiger partial charge in [-0.15, -0.1) is 10.2 Å². The topological polar surface area (TPSA) is 75.2 Å². The van der Waals surface area contributed by atoms with Gasteiger partial charge in [-0.1, -0.05) is 11.3 Å². The number of carbonyl (C=O) groups excluding carboxylic acids is 2. The van der Waals surface area contributed by atoms with E-state index in [9.17, 15) is 9.59 Å². The zero-order chi connectivity index (χ0) is 12.3. The zero-order valence-corrected chi connectivity index (χ0v) is 10.4. The molecule has 6 nitrogen and oxygen atoms in total. The van der Waals surface area contributed by atoms with Crippen LogP contribution in [0.3, 0.4) is 0 Å². The number of hydrogen-bond acceptors (Lipinski definition) is 6. The Labute approximate surface area is 103 Å². The third-order valence-electron chi connectivity index (χ3n) is 2.55. The number of Topliss-reactive ketones (excluding diaryl/α,β-unsaturated/α-hetero) is 1. The lowest BCUT2D eigenvalue weighted by atomic mass is 10.1. The number of aromatic nitrogens is 2. The van der Waals surface area contributed by atoms with Crippen LogP contribution in [0.5, 0.6) is 0 Å². The standard InChI is InChI=1S/C10H14N4O2S/c1-7-12-13-10(17-7)11-9(16)6-14-4-2-8(15)3-5-14/h2-6H2,1H3,(H,11,13,16). The highest BCUT2D eigenvalue weighted by Crippen LogP contribution is 2.13. The van der Waals surface area contributed by atoms with Crippen LogP contribution in [0.25, 0.3) is 0 Å². The maximum absolute atomic E-state index is 11.7. The Hall–Kier alpha value is -1.34. The van der Waals surface area contributed by atoms with E-state index < -0.39 is 0 Å². The molecule has 1 aliphatic heterocycles. The van der Waals surface area contributed by atoms with E-state index in [0.29, 0.717) is 37.6 Å². The van der Waals surface area contributed by atoms with E-state index in [2.05, 4.69) is 15.5 Å². The molecule has 0 saturated carbocycles. The monoisotopic (exact) mass is 254 g/mol. The minimum atomic E-state index is -0.101. The summed E-state index contributed by atoms with van der Waals surface area (Å²) in [6.07, 6.45) is 1.09. The fourth-order valence-electron chi connectivity index (χ4n) is 1.67. The van der Waals surface area contributed by atoms with Gasteiger partial charge >= 0.3 is 0 Å². The van der Waals surface area contributed by atoms with Crippen molar-refractivity contribution in [3.05, 3.63) is 5.01 Å². The van der Waals surface area contributed by atoms with Gasteiger partial charge in [-0.2, -0.15) is 0 Å². The van der Waals surface area contributed by atoms with E-state index in [-0.39, 0.29) is 11.7 Å². The number of nitrogens with one attached hydrogen (secondary N) is 1. The number of nitrogens with zero attached hydrogens (tertiary/aromatic N) is 3. The first-order chi connectivity index (χ1) is 8.13. The molecule has 7 heteroatoms.